The second-order valence-electron chi connectivity index (χ2n) is 5.69. The van der Waals surface area contributed by atoms with Gasteiger partial charge in [0.15, 0.2) is 5.03 Å². The third kappa shape index (κ3) is 3.35. The summed E-state index contributed by atoms with van der Waals surface area (Å²) in [6.07, 6.45) is 8.11. The van der Waals surface area contributed by atoms with Crippen molar-refractivity contribution in [3.8, 4) is 5.88 Å². The van der Waals surface area contributed by atoms with E-state index in [1.54, 1.807) is 23.3 Å². The molecule has 2 aromatic rings. The Morgan fingerprint density at radius 2 is 2.13 bits per heavy atom. The average molecular weight is 337 g/mol. The van der Waals surface area contributed by atoms with Crippen LogP contribution in [0.2, 0.25) is 0 Å². The molecule has 0 amide bonds. The van der Waals surface area contributed by atoms with Crippen molar-refractivity contribution in [2.75, 3.05) is 13.1 Å². The molecule has 1 aliphatic heterocycles. The minimum atomic E-state index is -3.59. The molecule has 9 heteroatoms. The van der Waals surface area contributed by atoms with E-state index in [0.29, 0.717) is 18.8 Å². The van der Waals surface area contributed by atoms with Gasteiger partial charge in [-0.1, -0.05) is 0 Å². The van der Waals surface area contributed by atoms with Gasteiger partial charge in [-0.2, -0.15) is 4.31 Å². The van der Waals surface area contributed by atoms with Crippen molar-refractivity contribution < 1.29 is 13.2 Å². The van der Waals surface area contributed by atoms with Crippen LogP contribution in [0.3, 0.4) is 0 Å². The van der Waals surface area contributed by atoms with Gasteiger partial charge < -0.3 is 9.30 Å². The Balaban J connectivity index is 1.69. The molecule has 8 nitrogen and oxygen atoms in total. The molecule has 1 unspecified atom stereocenters. The lowest BCUT2D eigenvalue weighted by molar-refractivity contribution is 0.206. The van der Waals surface area contributed by atoms with Crippen LogP contribution >= 0.6 is 0 Å². The number of ether oxygens (including phenoxy) is 1. The number of sulfonamides is 1. The maximum atomic E-state index is 12.6. The molecule has 23 heavy (non-hydrogen) atoms. The van der Waals surface area contributed by atoms with Crippen LogP contribution in [0.5, 0.6) is 5.88 Å². The monoisotopic (exact) mass is 337 g/mol. The van der Waals surface area contributed by atoms with Crippen LogP contribution < -0.4 is 4.74 Å². The third-order valence-electron chi connectivity index (χ3n) is 3.71. The van der Waals surface area contributed by atoms with Crippen molar-refractivity contribution in [3.63, 3.8) is 0 Å². The van der Waals surface area contributed by atoms with Gasteiger partial charge in [-0.3, -0.25) is 4.98 Å². The maximum absolute atomic E-state index is 12.6. The Kier molecular flexibility index (Phi) is 4.31. The fourth-order valence-corrected chi connectivity index (χ4v) is 3.80. The Bertz CT molecular complexity index is 760. The summed E-state index contributed by atoms with van der Waals surface area (Å²) in [5.74, 6) is 0.404. The second kappa shape index (κ2) is 6.25. The highest BCUT2D eigenvalue weighted by Crippen LogP contribution is 2.23. The van der Waals surface area contributed by atoms with E-state index in [9.17, 15) is 8.42 Å². The highest BCUT2D eigenvalue weighted by atomic mass is 32.2. The van der Waals surface area contributed by atoms with Crippen LogP contribution in [-0.4, -0.2) is 51.4 Å². The molecular formula is C14H19N5O3S. The summed E-state index contributed by atoms with van der Waals surface area (Å²) in [4.78, 5) is 12.0. The van der Waals surface area contributed by atoms with Crippen LogP contribution in [0.1, 0.15) is 26.3 Å². The fraction of sp³-hybridized carbons (Fsp3) is 0.500. The summed E-state index contributed by atoms with van der Waals surface area (Å²) in [7, 11) is -3.59. The quantitative estimate of drug-likeness (QED) is 0.811. The van der Waals surface area contributed by atoms with Crippen LogP contribution in [0, 0.1) is 0 Å². The van der Waals surface area contributed by atoms with E-state index in [0.717, 1.165) is 0 Å². The van der Waals surface area contributed by atoms with Crippen LogP contribution in [-0.2, 0) is 10.0 Å². The van der Waals surface area contributed by atoms with E-state index in [1.165, 1.54) is 16.7 Å². The number of aromatic nitrogens is 4. The molecule has 0 N–H and O–H groups in total. The molecule has 0 aromatic carbocycles. The van der Waals surface area contributed by atoms with E-state index in [-0.39, 0.29) is 23.7 Å². The van der Waals surface area contributed by atoms with Gasteiger partial charge >= 0.3 is 0 Å². The Morgan fingerprint density at radius 1 is 1.30 bits per heavy atom. The fourth-order valence-electron chi connectivity index (χ4n) is 2.39. The van der Waals surface area contributed by atoms with E-state index in [2.05, 4.69) is 15.0 Å². The zero-order valence-electron chi connectivity index (χ0n) is 13.0. The molecule has 0 spiro atoms. The van der Waals surface area contributed by atoms with Gasteiger partial charge in [0.05, 0.1) is 19.1 Å². The standard InChI is InChI=1S/C14H19N5O3S/c1-11(2)18-9-14(17-10-18)23(20,21)19-6-3-12(8-19)22-13-7-15-4-5-16-13/h4-5,7,9-12H,3,6,8H2,1-2H3. The highest BCUT2D eigenvalue weighted by molar-refractivity contribution is 7.89. The van der Waals surface area contributed by atoms with E-state index >= 15 is 0 Å². The van der Waals surface area contributed by atoms with Crippen LogP contribution in [0.15, 0.2) is 36.1 Å². The molecule has 2 aromatic heterocycles. The van der Waals surface area contributed by atoms with Gasteiger partial charge in [0.1, 0.15) is 6.10 Å². The SMILES string of the molecule is CC(C)n1cnc(S(=O)(=O)N2CCC(Oc3cnccn3)C2)c1. The lowest BCUT2D eigenvalue weighted by atomic mass is 10.3. The highest BCUT2D eigenvalue weighted by Gasteiger charge is 2.35. The van der Waals surface area contributed by atoms with Crippen LogP contribution in [0.4, 0.5) is 0 Å². The van der Waals surface area contributed by atoms with Crippen LogP contribution in [0.25, 0.3) is 0 Å². The van der Waals surface area contributed by atoms with E-state index in [1.807, 2.05) is 13.8 Å². The first-order valence-electron chi connectivity index (χ1n) is 7.43. The summed E-state index contributed by atoms with van der Waals surface area (Å²) >= 11 is 0. The first-order chi connectivity index (χ1) is 11.0. The first kappa shape index (κ1) is 15.9. The largest absolute Gasteiger partial charge is 0.472 e. The molecule has 3 heterocycles. The van der Waals surface area contributed by atoms with Crippen molar-refractivity contribution in [2.24, 2.45) is 0 Å². The normalized spacial score (nSPS) is 19.3. The molecule has 1 atom stereocenters. The Hall–Kier alpha value is -2.00. The second-order valence-corrected chi connectivity index (χ2v) is 7.57. The maximum Gasteiger partial charge on any atom is 0.262 e. The van der Waals surface area contributed by atoms with Gasteiger partial charge in [-0.05, 0) is 20.3 Å². The molecule has 124 valence electrons. The molecule has 0 aliphatic carbocycles. The third-order valence-corrected chi connectivity index (χ3v) is 5.46. The number of rotatable bonds is 5. The predicted octanol–water partition coefficient (Wildman–Crippen LogP) is 1.10. The summed E-state index contributed by atoms with van der Waals surface area (Å²) in [6, 6.07) is 0.165. The van der Waals surface area contributed by atoms with E-state index < -0.39 is 10.0 Å². The molecular weight excluding hydrogens is 318 g/mol. The minimum absolute atomic E-state index is 0.0753. The zero-order chi connectivity index (χ0) is 16.4. The van der Waals surface area contributed by atoms with Crippen molar-refractivity contribution >= 4 is 10.0 Å². The summed E-state index contributed by atoms with van der Waals surface area (Å²) < 4.78 is 34.1. The molecule has 0 bridgehead atoms. The van der Waals surface area contributed by atoms with E-state index in [4.69, 9.17) is 4.74 Å². The predicted molar refractivity (Wildman–Crippen MR) is 82.4 cm³/mol. The molecule has 1 aliphatic rings. The number of hydrogen-bond acceptors (Lipinski definition) is 6. The molecule has 1 saturated heterocycles. The lowest BCUT2D eigenvalue weighted by Crippen LogP contribution is -2.31. The average Bonchev–Trinajstić information content (AvgIpc) is 3.18. The van der Waals surface area contributed by atoms with Gasteiger partial charge in [0, 0.05) is 31.2 Å². The smallest absolute Gasteiger partial charge is 0.262 e. The number of hydrogen-bond donors (Lipinski definition) is 0. The number of nitrogens with zero attached hydrogens (tertiary/aromatic N) is 5. The zero-order valence-corrected chi connectivity index (χ0v) is 13.8. The minimum Gasteiger partial charge on any atom is -0.472 e. The molecule has 1 fully saturated rings. The lowest BCUT2D eigenvalue weighted by Gasteiger charge is -2.15. The van der Waals surface area contributed by atoms with Crippen molar-refractivity contribution in [3.05, 3.63) is 31.1 Å². The molecule has 0 saturated carbocycles. The summed E-state index contributed by atoms with van der Waals surface area (Å²) in [5, 5.41) is 0.0753. The number of imidazole rings is 1. The molecule has 0 radical (unpaired) electrons. The Morgan fingerprint density at radius 3 is 2.78 bits per heavy atom. The topological polar surface area (TPSA) is 90.2 Å². The first-order valence-corrected chi connectivity index (χ1v) is 8.87. The van der Waals surface area contributed by atoms with Gasteiger partial charge in [-0.15, -0.1) is 0 Å². The van der Waals surface area contributed by atoms with Crippen molar-refractivity contribution in [1.82, 2.24) is 23.8 Å². The van der Waals surface area contributed by atoms with Gasteiger partial charge in [-0.25, -0.2) is 18.4 Å². The van der Waals surface area contributed by atoms with Gasteiger partial charge in [0.2, 0.25) is 5.88 Å². The van der Waals surface area contributed by atoms with Gasteiger partial charge in [0.25, 0.3) is 10.0 Å². The summed E-state index contributed by atoms with van der Waals surface area (Å²) in [5.41, 5.74) is 0. The van der Waals surface area contributed by atoms with Crippen molar-refractivity contribution in [1.29, 1.82) is 0 Å². The van der Waals surface area contributed by atoms with Crippen molar-refractivity contribution in [2.45, 2.75) is 37.4 Å². The molecule has 3 rings (SSSR count). The summed E-state index contributed by atoms with van der Waals surface area (Å²) in [6.45, 7) is 4.63. The Labute approximate surface area is 135 Å².